The van der Waals surface area contributed by atoms with Crippen LogP contribution in [-0.4, -0.2) is 14.4 Å². The number of nitrogens with zero attached hydrogens (tertiary/aromatic N) is 1. The molecule has 0 aliphatic rings. The van der Waals surface area contributed by atoms with Crippen LogP contribution >= 0.6 is 0 Å². The van der Waals surface area contributed by atoms with Gasteiger partial charge < -0.3 is 4.43 Å². The Labute approximate surface area is 172 Å². The summed E-state index contributed by atoms with van der Waals surface area (Å²) in [5.74, 6) is 0. The van der Waals surface area contributed by atoms with Gasteiger partial charge in [-0.2, -0.15) is 5.26 Å². The molecule has 0 unspecified atom stereocenters. The van der Waals surface area contributed by atoms with E-state index in [9.17, 15) is 5.26 Å². The molecular weight excluding hydrogens is 358 g/mol. The first-order valence-corrected chi connectivity index (χ1v) is 12.2. The summed E-state index contributed by atoms with van der Waals surface area (Å²) in [6, 6.07) is 23.3. The van der Waals surface area contributed by atoms with Gasteiger partial charge in [0.2, 0.25) is 0 Å². The molecule has 0 heterocycles. The standard InChI is InChI=1S/C25H33NOSi/c1-5-6-7-8-11-16-22(21-26)27-28(25(2,3)4,23-17-12-9-13-18-23)24-19-14-10-15-20-24/h9-20,22H,5-8H2,1-4H3/b16-11+/t22-/m1/s1. The van der Waals surface area contributed by atoms with Crippen molar-refractivity contribution in [3.05, 3.63) is 72.8 Å². The molecule has 0 saturated carbocycles. The molecular formula is C25H33NOSi. The van der Waals surface area contributed by atoms with Gasteiger partial charge in [-0.25, -0.2) is 0 Å². The predicted molar refractivity (Wildman–Crippen MR) is 121 cm³/mol. The molecule has 0 N–H and O–H groups in total. The van der Waals surface area contributed by atoms with E-state index in [0.29, 0.717) is 0 Å². The average Bonchev–Trinajstić information content (AvgIpc) is 2.70. The molecule has 0 aliphatic carbocycles. The van der Waals surface area contributed by atoms with E-state index >= 15 is 0 Å². The van der Waals surface area contributed by atoms with Crippen molar-refractivity contribution in [1.29, 1.82) is 5.26 Å². The fraction of sp³-hybridized carbons (Fsp3) is 0.400. The van der Waals surface area contributed by atoms with Crippen molar-refractivity contribution in [2.45, 2.75) is 64.5 Å². The topological polar surface area (TPSA) is 33.0 Å². The minimum absolute atomic E-state index is 0.124. The highest BCUT2D eigenvalue weighted by atomic mass is 28.4. The number of benzene rings is 2. The van der Waals surface area contributed by atoms with Crippen molar-refractivity contribution in [3.63, 3.8) is 0 Å². The van der Waals surface area contributed by atoms with Crippen LogP contribution in [0.25, 0.3) is 0 Å². The van der Waals surface area contributed by atoms with Crippen LogP contribution in [0.1, 0.15) is 53.4 Å². The van der Waals surface area contributed by atoms with Crippen molar-refractivity contribution in [2.24, 2.45) is 0 Å². The maximum atomic E-state index is 9.85. The van der Waals surface area contributed by atoms with Gasteiger partial charge in [0, 0.05) is 0 Å². The van der Waals surface area contributed by atoms with E-state index in [1.165, 1.54) is 23.2 Å². The van der Waals surface area contributed by atoms with Gasteiger partial charge in [-0.3, -0.25) is 0 Å². The van der Waals surface area contributed by atoms with Gasteiger partial charge in [0.15, 0.2) is 6.10 Å². The summed E-state index contributed by atoms with van der Waals surface area (Å²) in [6.45, 7) is 8.91. The SMILES string of the molecule is CCCCC/C=C/[C@H](C#N)O[Si](c1ccccc1)(c1ccccc1)C(C)(C)C. The first-order chi connectivity index (χ1) is 13.5. The number of nitriles is 1. The van der Waals surface area contributed by atoms with Crippen LogP contribution in [0, 0.1) is 11.3 Å². The lowest BCUT2D eigenvalue weighted by Crippen LogP contribution is -2.67. The van der Waals surface area contributed by atoms with E-state index in [4.69, 9.17) is 4.43 Å². The smallest absolute Gasteiger partial charge is 0.263 e. The van der Waals surface area contributed by atoms with Gasteiger partial charge in [-0.15, -0.1) is 0 Å². The second kappa shape index (κ2) is 10.4. The summed E-state index contributed by atoms with van der Waals surface area (Å²) < 4.78 is 6.82. The van der Waals surface area contributed by atoms with Crippen molar-refractivity contribution >= 4 is 18.7 Å². The molecule has 2 nitrogen and oxygen atoms in total. The van der Waals surface area contributed by atoms with E-state index in [1.54, 1.807) is 0 Å². The zero-order valence-electron chi connectivity index (χ0n) is 17.7. The molecule has 0 fully saturated rings. The largest absolute Gasteiger partial charge is 0.389 e. The average molecular weight is 392 g/mol. The van der Waals surface area contributed by atoms with Crippen molar-refractivity contribution in [1.82, 2.24) is 0 Å². The van der Waals surface area contributed by atoms with Crippen LogP contribution in [0.15, 0.2) is 72.8 Å². The van der Waals surface area contributed by atoms with Crippen molar-refractivity contribution < 1.29 is 4.43 Å². The molecule has 0 spiro atoms. The van der Waals surface area contributed by atoms with Crippen LogP contribution in [0.3, 0.4) is 0 Å². The third-order valence-electron chi connectivity index (χ3n) is 5.13. The second-order valence-corrected chi connectivity index (χ2v) is 12.5. The molecule has 0 bridgehead atoms. The Morgan fingerprint density at radius 2 is 1.50 bits per heavy atom. The van der Waals surface area contributed by atoms with E-state index < -0.39 is 14.4 Å². The number of hydrogen-bond acceptors (Lipinski definition) is 2. The van der Waals surface area contributed by atoms with Crippen LogP contribution in [0.5, 0.6) is 0 Å². The number of unbranched alkanes of at least 4 members (excludes halogenated alkanes) is 3. The molecule has 148 valence electrons. The maximum absolute atomic E-state index is 9.85. The molecule has 0 aliphatic heterocycles. The lowest BCUT2D eigenvalue weighted by atomic mass is 10.2. The van der Waals surface area contributed by atoms with Crippen molar-refractivity contribution in [2.75, 3.05) is 0 Å². The zero-order chi connectivity index (χ0) is 20.5. The van der Waals surface area contributed by atoms with Crippen LogP contribution in [0.4, 0.5) is 0 Å². The monoisotopic (exact) mass is 391 g/mol. The van der Waals surface area contributed by atoms with Crippen LogP contribution in [0.2, 0.25) is 5.04 Å². The molecule has 0 aromatic heterocycles. The van der Waals surface area contributed by atoms with Gasteiger partial charge in [-0.05, 0) is 34.3 Å². The number of allylic oxidation sites excluding steroid dienone is 1. The highest BCUT2D eigenvalue weighted by Gasteiger charge is 2.51. The maximum Gasteiger partial charge on any atom is 0.263 e. The summed E-state index contributed by atoms with van der Waals surface area (Å²) in [7, 11) is -2.68. The molecule has 0 amide bonds. The highest BCUT2D eigenvalue weighted by Crippen LogP contribution is 2.37. The summed E-state index contributed by atoms with van der Waals surface area (Å²) in [5.41, 5.74) is 0. The minimum atomic E-state index is -2.68. The van der Waals surface area contributed by atoms with Gasteiger partial charge in [0.05, 0.1) is 6.07 Å². The zero-order valence-corrected chi connectivity index (χ0v) is 18.7. The highest BCUT2D eigenvalue weighted by molar-refractivity contribution is 6.99. The van der Waals surface area contributed by atoms with E-state index in [-0.39, 0.29) is 5.04 Å². The quantitative estimate of drug-likeness (QED) is 0.317. The molecule has 28 heavy (non-hydrogen) atoms. The Kier molecular flexibility index (Phi) is 8.23. The minimum Gasteiger partial charge on any atom is -0.389 e. The Bertz CT molecular complexity index is 732. The van der Waals surface area contributed by atoms with Gasteiger partial charge >= 0.3 is 0 Å². The summed E-state index contributed by atoms with van der Waals surface area (Å²) >= 11 is 0. The number of hydrogen-bond donors (Lipinski definition) is 0. The summed E-state index contributed by atoms with van der Waals surface area (Å²) in [4.78, 5) is 0. The first kappa shape index (κ1) is 22.1. The molecule has 1 atom stereocenters. The second-order valence-electron chi connectivity index (χ2n) is 8.25. The van der Waals surface area contributed by atoms with E-state index in [2.05, 4.69) is 88.4 Å². The van der Waals surface area contributed by atoms with Gasteiger partial charge in [-0.1, -0.05) is 107 Å². The normalized spacial score (nSPS) is 13.4. The van der Waals surface area contributed by atoms with E-state index in [1.807, 2.05) is 18.2 Å². The molecule has 2 rings (SSSR count). The first-order valence-electron chi connectivity index (χ1n) is 10.3. The Morgan fingerprint density at radius 3 is 1.93 bits per heavy atom. The van der Waals surface area contributed by atoms with Crippen molar-refractivity contribution in [3.8, 4) is 6.07 Å². The molecule has 2 aromatic carbocycles. The lowest BCUT2D eigenvalue weighted by Gasteiger charge is -2.43. The van der Waals surface area contributed by atoms with Crippen LogP contribution in [-0.2, 0) is 4.43 Å². The Balaban J connectivity index is 2.48. The summed E-state index contributed by atoms with van der Waals surface area (Å²) in [5, 5.41) is 12.1. The third-order valence-corrected chi connectivity index (χ3v) is 10.1. The third kappa shape index (κ3) is 5.22. The molecule has 3 heteroatoms. The predicted octanol–water partition coefficient (Wildman–Crippen LogP) is 5.59. The fourth-order valence-electron chi connectivity index (χ4n) is 3.72. The van der Waals surface area contributed by atoms with Crippen LogP contribution < -0.4 is 10.4 Å². The molecule has 0 saturated heterocycles. The molecule has 0 radical (unpaired) electrons. The number of rotatable bonds is 9. The fourth-order valence-corrected chi connectivity index (χ4v) is 8.25. The van der Waals surface area contributed by atoms with Gasteiger partial charge in [0.1, 0.15) is 0 Å². The molecule has 2 aromatic rings. The van der Waals surface area contributed by atoms with Gasteiger partial charge in [0.25, 0.3) is 8.32 Å². The Hall–Kier alpha value is -2.15. The lowest BCUT2D eigenvalue weighted by molar-refractivity contribution is 0.282. The Morgan fingerprint density at radius 1 is 0.964 bits per heavy atom. The van der Waals surface area contributed by atoms with E-state index in [0.717, 1.165) is 12.8 Å². The summed E-state index contributed by atoms with van der Waals surface area (Å²) in [6.07, 6.45) is 8.09.